The molecule has 0 bridgehead atoms. The lowest BCUT2D eigenvalue weighted by molar-refractivity contribution is 0.0600. The lowest BCUT2D eigenvalue weighted by Gasteiger charge is -2.32. The number of anilines is 1. The number of esters is 1. The van der Waals surface area contributed by atoms with Crippen molar-refractivity contribution in [3.8, 4) is 17.2 Å². The normalized spacial score (nSPS) is 12.9. The molecule has 1 aliphatic rings. The molecule has 0 spiro atoms. The van der Waals surface area contributed by atoms with Gasteiger partial charge in [-0.05, 0) is 23.6 Å². The summed E-state index contributed by atoms with van der Waals surface area (Å²) >= 11 is 0. The van der Waals surface area contributed by atoms with Gasteiger partial charge in [0.1, 0.15) is 11.3 Å². The van der Waals surface area contributed by atoms with Gasteiger partial charge in [0.2, 0.25) is 0 Å². The fourth-order valence-electron chi connectivity index (χ4n) is 4.21. The first-order valence-electron chi connectivity index (χ1n) is 10.2. The third-order valence-electron chi connectivity index (χ3n) is 5.82. The highest BCUT2D eigenvalue weighted by atomic mass is 16.5. The third kappa shape index (κ3) is 3.31. The molecule has 4 aromatic rings. The molecular formula is C25H21NO7. The second kappa shape index (κ2) is 8.05. The largest absolute Gasteiger partial charge is 0.493 e. The van der Waals surface area contributed by atoms with Crippen LogP contribution in [0.5, 0.6) is 17.2 Å². The van der Waals surface area contributed by atoms with Crippen LogP contribution in [0, 0.1) is 0 Å². The average molecular weight is 447 g/mol. The summed E-state index contributed by atoms with van der Waals surface area (Å²) in [6, 6.07) is 14.4. The number of nitrogens with zero attached hydrogens (tertiary/aromatic N) is 1. The molecule has 3 aromatic carbocycles. The van der Waals surface area contributed by atoms with E-state index in [9.17, 15) is 9.59 Å². The Hall–Kier alpha value is -4.20. The van der Waals surface area contributed by atoms with Crippen molar-refractivity contribution in [2.45, 2.75) is 6.54 Å². The summed E-state index contributed by atoms with van der Waals surface area (Å²) in [4.78, 5) is 27.1. The second-order valence-corrected chi connectivity index (χ2v) is 7.54. The Morgan fingerprint density at radius 3 is 2.39 bits per heavy atom. The maximum Gasteiger partial charge on any atom is 0.344 e. The number of ether oxygens (including phenoxy) is 4. The van der Waals surface area contributed by atoms with Crippen molar-refractivity contribution < 1.29 is 28.2 Å². The van der Waals surface area contributed by atoms with Gasteiger partial charge in [-0.25, -0.2) is 9.59 Å². The molecule has 33 heavy (non-hydrogen) atoms. The predicted molar refractivity (Wildman–Crippen MR) is 123 cm³/mol. The molecule has 0 aliphatic carbocycles. The molecule has 0 atom stereocenters. The number of benzene rings is 3. The Balaban J connectivity index is 1.68. The molecule has 5 rings (SSSR count). The van der Waals surface area contributed by atoms with Crippen molar-refractivity contribution in [3.05, 3.63) is 70.1 Å². The van der Waals surface area contributed by atoms with Crippen molar-refractivity contribution >= 4 is 33.4 Å². The fraction of sp³-hybridized carbons (Fsp3) is 0.200. The monoisotopic (exact) mass is 447 g/mol. The number of hydrogen-bond donors (Lipinski definition) is 0. The van der Waals surface area contributed by atoms with E-state index in [1.165, 1.54) is 21.3 Å². The predicted octanol–water partition coefficient (Wildman–Crippen LogP) is 4.11. The van der Waals surface area contributed by atoms with Crippen molar-refractivity contribution in [1.29, 1.82) is 0 Å². The van der Waals surface area contributed by atoms with Crippen LogP contribution < -0.4 is 24.7 Å². The van der Waals surface area contributed by atoms with Gasteiger partial charge in [-0.1, -0.05) is 18.2 Å². The van der Waals surface area contributed by atoms with E-state index in [0.29, 0.717) is 51.6 Å². The van der Waals surface area contributed by atoms with Crippen LogP contribution in [0.4, 0.5) is 5.69 Å². The first-order chi connectivity index (χ1) is 16.0. The Kier molecular flexibility index (Phi) is 5.05. The Bertz CT molecular complexity index is 1460. The van der Waals surface area contributed by atoms with Crippen molar-refractivity contribution in [3.63, 3.8) is 0 Å². The number of rotatable bonds is 4. The molecule has 1 aliphatic heterocycles. The molecule has 8 heteroatoms. The van der Waals surface area contributed by atoms with E-state index in [0.717, 1.165) is 10.8 Å². The molecule has 0 unspecified atom stereocenters. The lowest BCUT2D eigenvalue weighted by Crippen LogP contribution is -2.33. The number of hydrogen-bond acceptors (Lipinski definition) is 8. The van der Waals surface area contributed by atoms with Crippen LogP contribution in [-0.4, -0.2) is 34.0 Å². The topological polar surface area (TPSA) is 87.4 Å². The van der Waals surface area contributed by atoms with E-state index in [4.69, 9.17) is 23.4 Å². The van der Waals surface area contributed by atoms with Crippen LogP contribution in [0.25, 0.3) is 21.7 Å². The van der Waals surface area contributed by atoms with E-state index in [1.54, 1.807) is 24.3 Å². The average Bonchev–Trinajstić information content (AvgIpc) is 2.87. The summed E-state index contributed by atoms with van der Waals surface area (Å²) in [5.74, 6) is 0.966. The summed E-state index contributed by atoms with van der Waals surface area (Å²) in [5.41, 5.74) is 1.61. The van der Waals surface area contributed by atoms with Crippen LogP contribution in [0.1, 0.15) is 15.9 Å². The smallest absolute Gasteiger partial charge is 0.344 e. The fourth-order valence-corrected chi connectivity index (χ4v) is 4.21. The highest BCUT2D eigenvalue weighted by Gasteiger charge is 2.27. The zero-order chi connectivity index (χ0) is 23.1. The summed E-state index contributed by atoms with van der Waals surface area (Å²) in [7, 11) is 4.34. The standard InChI is InChI=1S/C25H21NO7/c1-29-21-10-17(24(27)31-3)19(11-22(21)30-2)26-12-18-20(32-13-26)9-8-15-14-6-4-5-7-16(14)25(28)33-23(15)18/h4-11H,12-13H2,1-3H3. The van der Waals surface area contributed by atoms with Gasteiger partial charge in [0.15, 0.2) is 18.2 Å². The zero-order valence-corrected chi connectivity index (χ0v) is 18.3. The number of fused-ring (bicyclic) bond motifs is 5. The van der Waals surface area contributed by atoms with Gasteiger partial charge in [-0.15, -0.1) is 0 Å². The van der Waals surface area contributed by atoms with Crippen molar-refractivity contribution in [2.75, 3.05) is 33.0 Å². The van der Waals surface area contributed by atoms with Crippen molar-refractivity contribution in [2.24, 2.45) is 0 Å². The number of carbonyl (C=O) groups is 1. The molecule has 1 aromatic heterocycles. The van der Waals surface area contributed by atoms with Gasteiger partial charge in [0.25, 0.3) is 0 Å². The highest BCUT2D eigenvalue weighted by Crippen LogP contribution is 2.40. The van der Waals surface area contributed by atoms with Crippen LogP contribution >= 0.6 is 0 Å². The minimum Gasteiger partial charge on any atom is -0.493 e. The number of methoxy groups -OCH3 is 3. The third-order valence-corrected chi connectivity index (χ3v) is 5.82. The van der Waals surface area contributed by atoms with Crippen molar-refractivity contribution in [1.82, 2.24) is 0 Å². The molecule has 0 saturated heterocycles. The molecule has 0 fully saturated rings. The molecule has 0 N–H and O–H groups in total. The van der Waals surface area contributed by atoms with Gasteiger partial charge >= 0.3 is 11.6 Å². The zero-order valence-electron chi connectivity index (χ0n) is 18.3. The SMILES string of the molecule is COC(=O)c1cc(OC)c(OC)cc1N1COc2ccc3c(oc(=O)c4ccccc43)c2C1. The lowest BCUT2D eigenvalue weighted by atomic mass is 10.0. The Morgan fingerprint density at radius 1 is 0.939 bits per heavy atom. The summed E-state index contributed by atoms with van der Waals surface area (Å²) in [6.45, 7) is 0.517. The van der Waals surface area contributed by atoms with E-state index < -0.39 is 11.6 Å². The van der Waals surface area contributed by atoms with Crippen LogP contribution in [0.15, 0.2) is 57.7 Å². The van der Waals surface area contributed by atoms with Crippen LogP contribution in [0.3, 0.4) is 0 Å². The summed E-state index contributed by atoms with van der Waals surface area (Å²) < 4.78 is 27.5. The second-order valence-electron chi connectivity index (χ2n) is 7.54. The molecular weight excluding hydrogens is 426 g/mol. The molecule has 0 amide bonds. The quantitative estimate of drug-likeness (QED) is 0.262. The minimum atomic E-state index is -0.521. The van der Waals surface area contributed by atoms with E-state index >= 15 is 0 Å². The van der Waals surface area contributed by atoms with E-state index in [1.807, 2.05) is 29.2 Å². The Morgan fingerprint density at radius 2 is 1.67 bits per heavy atom. The van der Waals surface area contributed by atoms with Gasteiger partial charge in [-0.2, -0.15) is 0 Å². The summed E-state index contributed by atoms with van der Waals surface area (Å²) in [6.07, 6.45) is 0. The molecule has 0 radical (unpaired) electrons. The summed E-state index contributed by atoms with van der Waals surface area (Å²) in [5, 5.41) is 2.14. The van der Waals surface area contributed by atoms with Gasteiger partial charge < -0.3 is 28.3 Å². The first kappa shape index (κ1) is 20.7. The van der Waals surface area contributed by atoms with Crippen LogP contribution in [0.2, 0.25) is 0 Å². The Labute approximate surface area is 188 Å². The highest BCUT2D eigenvalue weighted by molar-refractivity contribution is 6.06. The maximum atomic E-state index is 12.7. The molecule has 8 nitrogen and oxygen atoms in total. The minimum absolute atomic E-state index is 0.176. The van der Waals surface area contributed by atoms with Gasteiger partial charge in [-0.3, -0.25) is 0 Å². The van der Waals surface area contributed by atoms with E-state index in [2.05, 4.69) is 0 Å². The first-order valence-corrected chi connectivity index (χ1v) is 10.2. The van der Waals surface area contributed by atoms with E-state index in [-0.39, 0.29) is 6.73 Å². The molecule has 0 saturated carbocycles. The van der Waals surface area contributed by atoms with Crippen LogP contribution in [-0.2, 0) is 11.3 Å². The maximum absolute atomic E-state index is 12.7. The van der Waals surface area contributed by atoms with Gasteiger partial charge in [0.05, 0.1) is 50.1 Å². The number of carbonyl (C=O) groups excluding carboxylic acids is 1. The molecule has 2 heterocycles. The van der Waals surface area contributed by atoms with Gasteiger partial charge in [0, 0.05) is 17.5 Å². The molecule has 168 valence electrons.